The number of carbonyl (C=O) groups is 2. The lowest BCUT2D eigenvalue weighted by Gasteiger charge is -2.07. The summed E-state index contributed by atoms with van der Waals surface area (Å²) in [5, 5.41) is 10.9. The first kappa shape index (κ1) is 20.6. The molecule has 150 valence electrons. The van der Waals surface area contributed by atoms with Crippen LogP contribution in [0.3, 0.4) is 0 Å². The lowest BCUT2D eigenvalue weighted by Crippen LogP contribution is -2.19. The Kier molecular flexibility index (Phi) is 7.04. The zero-order valence-electron chi connectivity index (χ0n) is 15.6. The van der Waals surface area contributed by atoms with Crippen molar-refractivity contribution in [1.29, 1.82) is 0 Å². The highest BCUT2D eigenvalue weighted by atomic mass is 35.5. The van der Waals surface area contributed by atoms with E-state index in [0.29, 0.717) is 33.7 Å². The van der Waals surface area contributed by atoms with E-state index < -0.39 is 0 Å². The van der Waals surface area contributed by atoms with Crippen LogP contribution in [0.4, 0.5) is 21.3 Å². The maximum atomic E-state index is 12.1. The molecule has 0 saturated heterocycles. The van der Waals surface area contributed by atoms with Gasteiger partial charge in [-0.05, 0) is 36.8 Å². The molecule has 0 radical (unpaired) electrons. The Morgan fingerprint density at radius 3 is 2.59 bits per heavy atom. The Bertz CT molecular complexity index is 994. The van der Waals surface area contributed by atoms with E-state index in [1.165, 1.54) is 18.4 Å². The predicted octanol–water partition coefficient (Wildman–Crippen LogP) is 5.02. The summed E-state index contributed by atoms with van der Waals surface area (Å²) >= 11 is 7.36. The summed E-state index contributed by atoms with van der Waals surface area (Å²) < 4.78 is 5.09. The monoisotopic (exact) mass is 430 g/mol. The normalized spacial score (nSPS) is 10.3. The van der Waals surface area contributed by atoms with E-state index in [0.717, 1.165) is 5.69 Å². The summed E-state index contributed by atoms with van der Waals surface area (Å²) in [6, 6.07) is 13.8. The molecule has 2 aromatic carbocycles. The molecule has 0 unspecified atom stereocenters. The highest BCUT2D eigenvalue weighted by Gasteiger charge is 2.10. The third-order valence-corrected chi connectivity index (χ3v) is 4.95. The van der Waals surface area contributed by atoms with Crippen molar-refractivity contribution in [3.63, 3.8) is 0 Å². The first-order chi connectivity index (χ1) is 14.0. The van der Waals surface area contributed by atoms with E-state index in [-0.39, 0.29) is 18.4 Å². The molecule has 3 aromatic rings. The smallest absolute Gasteiger partial charge is 0.325 e. The lowest BCUT2D eigenvalue weighted by atomic mass is 10.2. The highest BCUT2D eigenvalue weighted by molar-refractivity contribution is 7.13. The Morgan fingerprint density at radius 1 is 1.07 bits per heavy atom. The summed E-state index contributed by atoms with van der Waals surface area (Å²) in [7, 11) is 1.53. The molecule has 0 fully saturated rings. The fourth-order valence-electron chi connectivity index (χ4n) is 2.47. The number of aromatic nitrogens is 1. The number of nitrogens with one attached hydrogen (secondary N) is 3. The van der Waals surface area contributed by atoms with E-state index >= 15 is 0 Å². The minimum absolute atomic E-state index is 0.157. The van der Waals surface area contributed by atoms with Gasteiger partial charge in [0.15, 0.2) is 5.13 Å². The number of nitrogens with zero attached hydrogens (tertiary/aromatic N) is 1. The molecule has 3 rings (SSSR count). The van der Waals surface area contributed by atoms with Gasteiger partial charge in [0.05, 0.1) is 17.8 Å². The van der Waals surface area contributed by atoms with Crippen LogP contribution < -0.4 is 20.7 Å². The molecule has 0 saturated carbocycles. The third-order valence-electron chi connectivity index (χ3n) is 3.85. The van der Waals surface area contributed by atoms with Gasteiger partial charge in [0.25, 0.3) is 0 Å². The van der Waals surface area contributed by atoms with Crippen LogP contribution >= 0.6 is 22.9 Å². The molecule has 3 N–H and O–H groups in total. The number of halogens is 1. The number of aryl methyl sites for hydroxylation is 1. The number of benzene rings is 2. The molecule has 9 heteroatoms. The molecule has 29 heavy (non-hydrogen) atoms. The van der Waals surface area contributed by atoms with E-state index in [2.05, 4.69) is 20.9 Å². The van der Waals surface area contributed by atoms with Gasteiger partial charge in [-0.15, -0.1) is 11.3 Å². The first-order valence-electron chi connectivity index (χ1n) is 8.74. The molecule has 0 aliphatic carbocycles. The Morgan fingerprint density at radius 2 is 1.86 bits per heavy atom. The van der Waals surface area contributed by atoms with Crippen LogP contribution in [0.1, 0.15) is 12.1 Å². The van der Waals surface area contributed by atoms with Crippen LogP contribution in [0.25, 0.3) is 0 Å². The maximum absolute atomic E-state index is 12.1. The van der Waals surface area contributed by atoms with Gasteiger partial charge in [0, 0.05) is 23.2 Å². The number of hydrogen-bond donors (Lipinski definition) is 3. The SMILES string of the molecule is COc1ccc(NC(=O)CCc2csc(NC(=O)Nc3ccccc3)n2)cc1Cl. The Hall–Kier alpha value is -3.10. The van der Waals surface area contributed by atoms with Crippen LogP contribution in [-0.2, 0) is 11.2 Å². The van der Waals surface area contributed by atoms with Crippen molar-refractivity contribution in [2.45, 2.75) is 12.8 Å². The maximum Gasteiger partial charge on any atom is 0.325 e. The quantitative estimate of drug-likeness (QED) is 0.490. The topological polar surface area (TPSA) is 92.4 Å². The van der Waals surface area contributed by atoms with Gasteiger partial charge in [-0.2, -0.15) is 0 Å². The molecular weight excluding hydrogens is 412 g/mol. The highest BCUT2D eigenvalue weighted by Crippen LogP contribution is 2.27. The number of hydrogen-bond acceptors (Lipinski definition) is 5. The van der Waals surface area contributed by atoms with Crippen LogP contribution in [-0.4, -0.2) is 24.0 Å². The van der Waals surface area contributed by atoms with E-state index in [1.807, 2.05) is 23.6 Å². The van der Waals surface area contributed by atoms with Crippen LogP contribution in [0.15, 0.2) is 53.9 Å². The van der Waals surface area contributed by atoms with Crippen LogP contribution in [0, 0.1) is 0 Å². The Labute approximate surface area is 177 Å². The van der Waals surface area contributed by atoms with Gasteiger partial charge in [0.2, 0.25) is 5.91 Å². The van der Waals surface area contributed by atoms with Gasteiger partial charge in [-0.25, -0.2) is 9.78 Å². The minimum atomic E-state index is -0.369. The van der Waals surface area contributed by atoms with Crippen LogP contribution in [0.2, 0.25) is 5.02 Å². The molecule has 0 bridgehead atoms. The van der Waals surface area contributed by atoms with E-state index in [4.69, 9.17) is 16.3 Å². The number of carbonyl (C=O) groups excluding carboxylic acids is 2. The van der Waals surface area contributed by atoms with Gasteiger partial charge < -0.3 is 15.4 Å². The fourth-order valence-corrected chi connectivity index (χ4v) is 3.47. The van der Waals surface area contributed by atoms with E-state index in [1.54, 1.807) is 30.3 Å². The zero-order valence-corrected chi connectivity index (χ0v) is 17.1. The molecule has 0 spiro atoms. The number of ether oxygens (including phenoxy) is 1. The number of rotatable bonds is 7. The zero-order chi connectivity index (χ0) is 20.6. The minimum Gasteiger partial charge on any atom is -0.495 e. The van der Waals surface area contributed by atoms with Gasteiger partial charge in [-0.1, -0.05) is 29.8 Å². The summed E-state index contributed by atoms with van der Waals surface area (Å²) in [5.74, 6) is 0.388. The number of methoxy groups -OCH3 is 1. The van der Waals surface area contributed by atoms with Crippen molar-refractivity contribution in [3.05, 3.63) is 64.6 Å². The molecule has 3 amide bonds. The molecular formula is C20H19ClN4O3S. The standard InChI is InChI=1S/C20H19ClN4O3S/c1-28-17-9-7-14(11-16(17)21)22-18(26)10-8-15-12-29-20(24-15)25-19(27)23-13-5-3-2-4-6-13/h2-7,9,11-12H,8,10H2,1H3,(H,22,26)(H2,23,24,25,27). The molecule has 1 aromatic heterocycles. The first-order valence-corrected chi connectivity index (χ1v) is 10.00. The number of anilines is 3. The predicted molar refractivity (Wildman–Crippen MR) is 116 cm³/mol. The summed E-state index contributed by atoms with van der Waals surface area (Å²) in [6.07, 6.45) is 0.706. The molecule has 7 nitrogen and oxygen atoms in total. The van der Waals surface area contributed by atoms with Crippen molar-refractivity contribution in [3.8, 4) is 5.75 Å². The summed E-state index contributed by atoms with van der Waals surface area (Å²) in [5.41, 5.74) is 2.02. The second-order valence-corrected chi connectivity index (χ2v) is 7.25. The summed E-state index contributed by atoms with van der Waals surface area (Å²) in [6.45, 7) is 0. The van der Waals surface area contributed by atoms with Crippen molar-refractivity contribution < 1.29 is 14.3 Å². The van der Waals surface area contributed by atoms with Gasteiger partial charge >= 0.3 is 6.03 Å². The number of thiazole rings is 1. The van der Waals surface area contributed by atoms with Crippen LogP contribution in [0.5, 0.6) is 5.75 Å². The summed E-state index contributed by atoms with van der Waals surface area (Å²) in [4.78, 5) is 28.5. The molecule has 0 aliphatic heterocycles. The lowest BCUT2D eigenvalue weighted by molar-refractivity contribution is -0.116. The average Bonchev–Trinajstić information content (AvgIpc) is 3.14. The molecule has 0 aliphatic rings. The number of urea groups is 1. The average molecular weight is 431 g/mol. The van der Waals surface area contributed by atoms with Gasteiger partial charge in [0.1, 0.15) is 5.75 Å². The third kappa shape index (κ3) is 6.20. The fraction of sp³-hybridized carbons (Fsp3) is 0.150. The van der Waals surface area contributed by atoms with Crippen molar-refractivity contribution in [1.82, 2.24) is 4.98 Å². The second-order valence-electron chi connectivity index (χ2n) is 5.99. The van der Waals surface area contributed by atoms with Crippen molar-refractivity contribution >= 4 is 51.4 Å². The van der Waals surface area contributed by atoms with Gasteiger partial charge in [-0.3, -0.25) is 10.1 Å². The molecule has 1 heterocycles. The Balaban J connectivity index is 1.46. The van der Waals surface area contributed by atoms with Crippen molar-refractivity contribution in [2.24, 2.45) is 0 Å². The largest absolute Gasteiger partial charge is 0.495 e. The van der Waals surface area contributed by atoms with Crippen molar-refractivity contribution in [2.75, 3.05) is 23.1 Å². The number of para-hydroxylation sites is 1. The molecule has 0 atom stereocenters. The van der Waals surface area contributed by atoms with E-state index in [9.17, 15) is 9.59 Å². The second kappa shape index (κ2) is 9.90. The number of amides is 3.